The molecule has 0 aromatic heterocycles. The van der Waals surface area contributed by atoms with Crippen LogP contribution in [-0.4, -0.2) is 41.8 Å². The van der Waals surface area contributed by atoms with E-state index >= 15 is 0 Å². The summed E-state index contributed by atoms with van der Waals surface area (Å²) >= 11 is 0. The lowest BCUT2D eigenvalue weighted by atomic mass is 9.99. The number of fused-ring (bicyclic) bond motifs is 1. The molecule has 0 spiro atoms. The monoisotopic (exact) mass is 198 g/mol. The third kappa shape index (κ3) is 1.71. The summed E-state index contributed by atoms with van der Waals surface area (Å²) < 4.78 is 5.31. The van der Waals surface area contributed by atoms with Crippen LogP contribution in [0, 0.1) is 0 Å². The first-order chi connectivity index (χ1) is 6.47. The number of nitrogens with one attached hydrogen (secondary N) is 1. The largest absolute Gasteiger partial charge is 0.444 e. The third-order valence-corrected chi connectivity index (χ3v) is 2.73. The standard InChI is InChI=1S/C10H18N2O2/c1-10(2,3)14-9(13)12-6-7-8(12)4-5-11-7/h7-8,11H,4-6H2,1-3H3. The number of ether oxygens (including phenoxy) is 1. The first kappa shape index (κ1) is 9.77. The summed E-state index contributed by atoms with van der Waals surface area (Å²) in [6, 6.07) is 0.896. The Labute approximate surface area is 84.6 Å². The van der Waals surface area contributed by atoms with Gasteiger partial charge in [-0.05, 0) is 33.7 Å². The van der Waals surface area contributed by atoms with Gasteiger partial charge in [-0.3, -0.25) is 0 Å². The van der Waals surface area contributed by atoms with Gasteiger partial charge in [0, 0.05) is 12.6 Å². The van der Waals surface area contributed by atoms with Crippen molar-refractivity contribution in [1.82, 2.24) is 10.2 Å². The fourth-order valence-corrected chi connectivity index (χ4v) is 2.05. The molecular weight excluding hydrogens is 180 g/mol. The minimum absolute atomic E-state index is 0.164. The summed E-state index contributed by atoms with van der Waals surface area (Å²) in [6.45, 7) is 7.52. The summed E-state index contributed by atoms with van der Waals surface area (Å²) in [5.41, 5.74) is -0.381. The van der Waals surface area contributed by atoms with Crippen molar-refractivity contribution in [2.24, 2.45) is 0 Å². The Morgan fingerprint density at radius 1 is 1.50 bits per heavy atom. The molecule has 0 aromatic carbocycles. The van der Waals surface area contributed by atoms with Gasteiger partial charge in [-0.1, -0.05) is 0 Å². The topological polar surface area (TPSA) is 41.6 Å². The van der Waals surface area contributed by atoms with Crippen LogP contribution < -0.4 is 5.32 Å². The highest BCUT2D eigenvalue weighted by molar-refractivity contribution is 5.70. The van der Waals surface area contributed by atoms with Crippen molar-refractivity contribution < 1.29 is 9.53 Å². The van der Waals surface area contributed by atoms with Gasteiger partial charge in [0.1, 0.15) is 5.60 Å². The van der Waals surface area contributed by atoms with Crippen molar-refractivity contribution in [3.05, 3.63) is 0 Å². The van der Waals surface area contributed by atoms with Crippen molar-refractivity contribution in [3.8, 4) is 0 Å². The van der Waals surface area contributed by atoms with Gasteiger partial charge in [-0.2, -0.15) is 0 Å². The Morgan fingerprint density at radius 3 is 2.79 bits per heavy atom. The van der Waals surface area contributed by atoms with Crippen LogP contribution in [0.1, 0.15) is 27.2 Å². The molecule has 0 saturated carbocycles. The van der Waals surface area contributed by atoms with Crippen LogP contribution in [0.25, 0.3) is 0 Å². The zero-order valence-electron chi connectivity index (χ0n) is 9.04. The first-order valence-electron chi connectivity index (χ1n) is 5.20. The lowest BCUT2D eigenvalue weighted by Crippen LogP contribution is -2.63. The van der Waals surface area contributed by atoms with Crippen LogP contribution in [0.5, 0.6) is 0 Å². The Morgan fingerprint density at radius 2 is 2.21 bits per heavy atom. The van der Waals surface area contributed by atoms with Gasteiger partial charge < -0.3 is 15.0 Å². The van der Waals surface area contributed by atoms with E-state index in [0.29, 0.717) is 12.1 Å². The van der Waals surface area contributed by atoms with E-state index in [1.807, 2.05) is 25.7 Å². The van der Waals surface area contributed by atoms with E-state index in [9.17, 15) is 4.79 Å². The minimum atomic E-state index is -0.381. The van der Waals surface area contributed by atoms with Gasteiger partial charge >= 0.3 is 6.09 Å². The number of amides is 1. The second-order valence-electron chi connectivity index (χ2n) is 5.05. The lowest BCUT2D eigenvalue weighted by molar-refractivity contribution is -0.00933. The van der Waals surface area contributed by atoms with Crippen molar-refractivity contribution in [2.45, 2.75) is 44.9 Å². The second kappa shape index (κ2) is 3.12. The molecule has 2 unspecified atom stereocenters. The molecule has 4 heteroatoms. The highest BCUT2D eigenvalue weighted by Crippen LogP contribution is 2.27. The number of nitrogens with zero attached hydrogens (tertiary/aromatic N) is 1. The molecule has 2 rings (SSSR count). The van der Waals surface area contributed by atoms with Gasteiger partial charge in [0.15, 0.2) is 0 Å². The van der Waals surface area contributed by atoms with Gasteiger partial charge in [0.05, 0.1) is 6.04 Å². The van der Waals surface area contributed by atoms with Gasteiger partial charge in [0.2, 0.25) is 0 Å². The fraction of sp³-hybridized carbons (Fsp3) is 0.900. The number of hydrogen-bond donors (Lipinski definition) is 1. The average molecular weight is 198 g/mol. The minimum Gasteiger partial charge on any atom is -0.444 e. The van der Waals surface area contributed by atoms with Crippen LogP contribution in [0.15, 0.2) is 0 Å². The number of hydrogen-bond acceptors (Lipinski definition) is 3. The Bertz CT molecular complexity index is 247. The van der Waals surface area contributed by atoms with E-state index < -0.39 is 0 Å². The third-order valence-electron chi connectivity index (χ3n) is 2.73. The Balaban J connectivity index is 1.88. The summed E-state index contributed by atoms with van der Waals surface area (Å²) in [6.07, 6.45) is 0.895. The van der Waals surface area contributed by atoms with Crippen LogP contribution in [0.2, 0.25) is 0 Å². The van der Waals surface area contributed by atoms with E-state index in [2.05, 4.69) is 5.32 Å². The SMILES string of the molecule is CC(C)(C)OC(=O)N1CC2NCCC21. The molecule has 4 nitrogen and oxygen atoms in total. The summed E-state index contributed by atoms with van der Waals surface area (Å²) in [4.78, 5) is 13.5. The van der Waals surface area contributed by atoms with Gasteiger partial charge in [-0.25, -0.2) is 4.79 Å². The Hall–Kier alpha value is -0.770. The van der Waals surface area contributed by atoms with E-state index in [1.54, 1.807) is 0 Å². The normalized spacial score (nSPS) is 30.9. The van der Waals surface area contributed by atoms with E-state index in [-0.39, 0.29) is 11.7 Å². The first-order valence-corrected chi connectivity index (χ1v) is 5.20. The Kier molecular flexibility index (Phi) is 2.18. The fourth-order valence-electron chi connectivity index (χ4n) is 2.05. The predicted molar refractivity (Wildman–Crippen MR) is 53.1 cm³/mol. The van der Waals surface area contributed by atoms with Crippen LogP contribution >= 0.6 is 0 Å². The predicted octanol–water partition coefficient (Wildman–Crippen LogP) is 0.968. The maximum Gasteiger partial charge on any atom is 0.410 e. The molecule has 2 heterocycles. The summed E-state index contributed by atoms with van der Waals surface area (Å²) in [5, 5.41) is 3.35. The maximum atomic E-state index is 11.7. The summed E-state index contributed by atoms with van der Waals surface area (Å²) in [5.74, 6) is 0. The molecular formula is C10H18N2O2. The van der Waals surface area contributed by atoms with E-state index in [1.165, 1.54) is 0 Å². The molecule has 14 heavy (non-hydrogen) atoms. The number of rotatable bonds is 0. The lowest BCUT2D eigenvalue weighted by Gasteiger charge is -2.44. The molecule has 2 fully saturated rings. The highest BCUT2D eigenvalue weighted by atomic mass is 16.6. The zero-order valence-corrected chi connectivity index (χ0v) is 9.04. The van der Waals surface area contributed by atoms with Crippen molar-refractivity contribution >= 4 is 6.09 Å². The van der Waals surface area contributed by atoms with Gasteiger partial charge in [-0.15, -0.1) is 0 Å². The molecule has 0 aromatic rings. The van der Waals surface area contributed by atoms with Gasteiger partial charge in [0.25, 0.3) is 0 Å². The molecule has 1 amide bonds. The molecule has 0 bridgehead atoms. The molecule has 1 N–H and O–H groups in total. The zero-order chi connectivity index (χ0) is 10.3. The molecule has 80 valence electrons. The number of likely N-dealkylation sites (tertiary alicyclic amines) is 1. The molecule has 0 radical (unpaired) electrons. The maximum absolute atomic E-state index is 11.7. The molecule has 2 saturated heterocycles. The van der Waals surface area contributed by atoms with Crippen molar-refractivity contribution in [3.63, 3.8) is 0 Å². The van der Waals surface area contributed by atoms with Crippen LogP contribution in [-0.2, 0) is 4.74 Å². The highest BCUT2D eigenvalue weighted by Gasteiger charge is 2.45. The molecule has 2 aliphatic heterocycles. The van der Waals surface area contributed by atoms with E-state index in [0.717, 1.165) is 19.5 Å². The smallest absolute Gasteiger partial charge is 0.410 e. The number of carbonyl (C=O) groups excluding carboxylic acids is 1. The van der Waals surface area contributed by atoms with Crippen molar-refractivity contribution in [1.29, 1.82) is 0 Å². The summed E-state index contributed by atoms with van der Waals surface area (Å²) in [7, 11) is 0. The van der Waals surface area contributed by atoms with Crippen LogP contribution in [0.4, 0.5) is 4.79 Å². The molecule has 0 aliphatic carbocycles. The van der Waals surface area contributed by atoms with Crippen LogP contribution in [0.3, 0.4) is 0 Å². The quantitative estimate of drug-likeness (QED) is 0.630. The number of carbonyl (C=O) groups is 1. The van der Waals surface area contributed by atoms with E-state index in [4.69, 9.17) is 4.74 Å². The second-order valence-corrected chi connectivity index (χ2v) is 5.05. The molecule has 2 aliphatic rings. The van der Waals surface area contributed by atoms with Crippen molar-refractivity contribution in [2.75, 3.05) is 13.1 Å². The average Bonchev–Trinajstić information content (AvgIpc) is 2.28. The molecule has 2 atom stereocenters.